The third-order valence-corrected chi connectivity index (χ3v) is 3.60. The monoisotopic (exact) mass is 336 g/mol. The Bertz CT molecular complexity index is 884. The van der Waals surface area contributed by atoms with Crippen LogP contribution < -0.4 is 10.1 Å². The number of methoxy groups -OCH3 is 1. The second-order valence-electron chi connectivity index (χ2n) is 5.16. The first-order chi connectivity index (χ1) is 12.2. The number of aromatic carboxylic acids is 1. The molecule has 7 heteroatoms. The summed E-state index contributed by atoms with van der Waals surface area (Å²) in [6.45, 7) is 0.451. The van der Waals surface area contributed by atoms with Crippen molar-refractivity contribution in [1.82, 2.24) is 15.0 Å². The molecule has 0 bridgehead atoms. The molecule has 3 rings (SSSR count). The number of nitrogens with zero attached hydrogens (tertiary/aromatic N) is 3. The maximum Gasteiger partial charge on any atom is 0.339 e. The van der Waals surface area contributed by atoms with Crippen molar-refractivity contribution in [3.05, 3.63) is 66.1 Å². The van der Waals surface area contributed by atoms with Crippen LogP contribution in [0.2, 0.25) is 0 Å². The van der Waals surface area contributed by atoms with Gasteiger partial charge in [0.25, 0.3) is 0 Å². The van der Waals surface area contributed by atoms with Gasteiger partial charge in [-0.2, -0.15) is 0 Å². The van der Waals surface area contributed by atoms with Crippen molar-refractivity contribution in [3.8, 4) is 17.0 Å². The molecule has 0 unspecified atom stereocenters. The fourth-order valence-corrected chi connectivity index (χ4v) is 2.38. The zero-order chi connectivity index (χ0) is 17.6. The third-order valence-electron chi connectivity index (χ3n) is 3.60. The predicted molar refractivity (Wildman–Crippen MR) is 92.5 cm³/mol. The lowest BCUT2D eigenvalue weighted by atomic mass is 10.1. The highest BCUT2D eigenvalue weighted by Gasteiger charge is 2.15. The summed E-state index contributed by atoms with van der Waals surface area (Å²) >= 11 is 0. The van der Waals surface area contributed by atoms with E-state index in [1.165, 1.54) is 6.20 Å². The molecule has 1 aromatic carbocycles. The number of carbonyl (C=O) groups is 1. The van der Waals surface area contributed by atoms with Gasteiger partial charge in [-0.05, 0) is 18.2 Å². The van der Waals surface area contributed by atoms with Crippen molar-refractivity contribution in [2.75, 3.05) is 12.4 Å². The van der Waals surface area contributed by atoms with Gasteiger partial charge in [-0.25, -0.2) is 14.8 Å². The summed E-state index contributed by atoms with van der Waals surface area (Å²) in [7, 11) is 1.61. The number of carboxylic acid groups (broad SMARTS) is 1. The topological polar surface area (TPSA) is 97.2 Å². The number of ether oxygens (including phenoxy) is 1. The van der Waals surface area contributed by atoms with Crippen molar-refractivity contribution >= 4 is 11.9 Å². The highest BCUT2D eigenvalue weighted by Crippen LogP contribution is 2.23. The Morgan fingerprint density at radius 3 is 2.68 bits per heavy atom. The normalized spacial score (nSPS) is 10.3. The van der Waals surface area contributed by atoms with E-state index in [2.05, 4.69) is 20.3 Å². The lowest BCUT2D eigenvalue weighted by Crippen LogP contribution is -2.09. The van der Waals surface area contributed by atoms with E-state index in [1.54, 1.807) is 31.6 Å². The molecule has 0 aliphatic heterocycles. The summed E-state index contributed by atoms with van der Waals surface area (Å²) in [5.74, 6) is 0.0114. The quantitative estimate of drug-likeness (QED) is 0.714. The zero-order valence-corrected chi connectivity index (χ0v) is 13.5. The Morgan fingerprint density at radius 2 is 1.96 bits per heavy atom. The van der Waals surface area contributed by atoms with Crippen molar-refractivity contribution in [2.45, 2.75) is 6.54 Å². The Balaban J connectivity index is 1.89. The number of benzene rings is 1. The molecule has 0 radical (unpaired) electrons. The van der Waals surface area contributed by atoms with Gasteiger partial charge in [0, 0.05) is 36.3 Å². The molecule has 3 aromatic rings. The number of hydrogen-bond donors (Lipinski definition) is 2. The van der Waals surface area contributed by atoms with E-state index in [1.807, 2.05) is 24.3 Å². The van der Waals surface area contributed by atoms with Gasteiger partial charge in [-0.1, -0.05) is 18.2 Å². The molecule has 0 saturated heterocycles. The molecule has 0 aliphatic carbocycles. The Labute approximate surface area is 144 Å². The Hall–Kier alpha value is -3.48. The summed E-state index contributed by atoms with van der Waals surface area (Å²) in [6, 6.07) is 11.0. The fourth-order valence-electron chi connectivity index (χ4n) is 2.38. The molecule has 0 spiro atoms. The van der Waals surface area contributed by atoms with E-state index in [9.17, 15) is 9.90 Å². The predicted octanol–water partition coefficient (Wildman–Crippen LogP) is 2.86. The molecule has 0 aliphatic rings. The minimum atomic E-state index is -1.08. The van der Waals surface area contributed by atoms with Crippen molar-refractivity contribution in [3.63, 3.8) is 0 Å². The van der Waals surface area contributed by atoms with E-state index in [0.29, 0.717) is 23.8 Å². The SMILES string of the molecule is COc1ccccc1CNc1ncc(C(=O)O)c(-c2ccncc2)n1. The Morgan fingerprint density at radius 1 is 1.20 bits per heavy atom. The molecule has 0 amide bonds. The van der Waals surface area contributed by atoms with Gasteiger partial charge in [-0.3, -0.25) is 4.98 Å². The van der Waals surface area contributed by atoms with Gasteiger partial charge in [0.1, 0.15) is 11.3 Å². The van der Waals surface area contributed by atoms with Gasteiger partial charge < -0.3 is 15.2 Å². The highest BCUT2D eigenvalue weighted by molar-refractivity contribution is 5.94. The van der Waals surface area contributed by atoms with Crippen LogP contribution in [-0.4, -0.2) is 33.1 Å². The summed E-state index contributed by atoms with van der Waals surface area (Å²) in [5.41, 5.74) is 1.98. The largest absolute Gasteiger partial charge is 0.496 e. The van der Waals surface area contributed by atoms with Crippen LogP contribution in [0.5, 0.6) is 5.75 Å². The number of para-hydroxylation sites is 1. The van der Waals surface area contributed by atoms with Crippen LogP contribution >= 0.6 is 0 Å². The van der Waals surface area contributed by atoms with E-state index in [4.69, 9.17) is 4.74 Å². The zero-order valence-electron chi connectivity index (χ0n) is 13.5. The van der Waals surface area contributed by atoms with Crippen LogP contribution in [0.4, 0.5) is 5.95 Å². The standard InChI is InChI=1S/C18H16N4O3/c1-25-15-5-3-2-4-13(15)10-20-18-21-11-14(17(23)24)16(22-18)12-6-8-19-9-7-12/h2-9,11H,10H2,1H3,(H,23,24)(H,20,21,22). The van der Waals surface area contributed by atoms with Crippen LogP contribution in [0.1, 0.15) is 15.9 Å². The number of hydrogen-bond acceptors (Lipinski definition) is 6. The molecule has 126 valence electrons. The van der Waals surface area contributed by atoms with Crippen LogP contribution in [-0.2, 0) is 6.54 Å². The molecule has 7 nitrogen and oxygen atoms in total. The van der Waals surface area contributed by atoms with Crippen LogP contribution in [0.25, 0.3) is 11.3 Å². The van der Waals surface area contributed by atoms with E-state index < -0.39 is 5.97 Å². The number of pyridine rings is 1. The second-order valence-corrected chi connectivity index (χ2v) is 5.16. The minimum Gasteiger partial charge on any atom is -0.496 e. The summed E-state index contributed by atoms with van der Waals surface area (Å²) in [4.78, 5) is 23.8. The number of carboxylic acids is 1. The van der Waals surface area contributed by atoms with Gasteiger partial charge in [0.15, 0.2) is 0 Å². The average molecular weight is 336 g/mol. The number of anilines is 1. The molecule has 0 atom stereocenters. The van der Waals surface area contributed by atoms with E-state index in [-0.39, 0.29) is 5.56 Å². The average Bonchev–Trinajstić information content (AvgIpc) is 2.67. The number of aromatic nitrogens is 3. The van der Waals surface area contributed by atoms with Crippen LogP contribution in [0, 0.1) is 0 Å². The molecular weight excluding hydrogens is 320 g/mol. The van der Waals surface area contributed by atoms with Crippen molar-refractivity contribution in [2.24, 2.45) is 0 Å². The smallest absolute Gasteiger partial charge is 0.339 e. The molecular formula is C18H16N4O3. The molecule has 0 fully saturated rings. The van der Waals surface area contributed by atoms with E-state index in [0.717, 1.165) is 11.3 Å². The summed E-state index contributed by atoms with van der Waals surface area (Å²) < 4.78 is 5.31. The fraction of sp³-hybridized carbons (Fsp3) is 0.111. The maximum atomic E-state index is 11.4. The first kappa shape index (κ1) is 16.4. The summed E-state index contributed by atoms with van der Waals surface area (Å²) in [6.07, 6.45) is 4.48. The van der Waals surface area contributed by atoms with Crippen molar-refractivity contribution in [1.29, 1.82) is 0 Å². The molecule has 25 heavy (non-hydrogen) atoms. The maximum absolute atomic E-state index is 11.4. The molecule has 2 aromatic heterocycles. The van der Waals surface area contributed by atoms with Gasteiger partial charge >= 0.3 is 5.97 Å². The van der Waals surface area contributed by atoms with Crippen LogP contribution in [0.3, 0.4) is 0 Å². The van der Waals surface area contributed by atoms with Gasteiger partial charge in [0.05, 0.1) is 12.8 Å². The number of rotatable bonds is 6. The molecule has 0 saturated carbocycles. The number of nitrogens with one attached hydrogen (secondary N) is 1. The lowest BCUT2D eigenvalue weighted by Gasteiger charge is -2.11. The third kappa shape index (κ3) is 3.72. The van der Waals surface area contributed by atoms with Crippen LogP contribution in [0.15, 0.2) is 55.0 Å². The minimum absolute atomic E-state index is 0.0361. The highest BCUT2D eigenvalue weighted by atomic mass is 16.5. The first-order valence-corrected chi connectivity index (χ1v) is 7.55. The van der Waals surface area contributed by atoms with E-state index >= 15 is 0 Å². The lowest BCUT2D eigenvalue weighted by molar-refractivity contribution is 0.0697. The second kappa shape index (κ2) is 7.39. The Kier molecular flexibility index (Phi) is 4.84. The first-order valence-electron chi connectivity index (χ1n) is 7.55. The molecule has 2 N–H and O–H groups in total. The molecule has 2 heterocycles. The van der Waals surface area contributed by atoms with Gasteiger partial charge in [0.2, 0.25) is 5.95 Å². The van der Waals surface area contributed by atoms with Gasteiger partial charge in [-0.15, -0.1) is 0 Å². The summed E-state index contributed by atoms with van der Waals surface area (Å²) in [5, 5.41) is 12.5. The van der Waals surface area contributed by atoms with Crippen molar-refractivity contribution < 1.29 is 14.6 Å².